The second-order valence-corrected chi connectivity index (χ2v) is 9.28. The highest BCUT2D eigenvalue weighted by molar-refractivity contribution is 7.89. The van der Waals surface area contributed by atoms with Crippen LogP contribution in [0, 0.1) is 20.8 Å². The first kappa shape index (κ1) is 22.3. The fourth-order valence-corrected chi connectivity index (χ4v) is 4.99. The summed E-state index contributed by atoms with van der Waals surface area (Å²) in [5.41, 5.74) is 3.11. The zero-order valence-electron chi connectivity index (χ0n) is 17.6. The maximum Gasteiger partial charge on any atom is 0.251 e. The summed E-state index contributed by atoms with van der Waals surface area (Å²) in [7, 11) is -3.67. The minimum Gasteiger partial charge on any atom is -0.491 e. The fraction of sp³-hybridized carbons (Fsp3) is 0.409. The molecule has 1 heterocycles. The molecule has 0 atom stereocenters. The Morgan fingerprint density at radius 1 is 1.07 bits per heavy atom. The SMILES string of the molecule is Cc1ccc(OCCNC(=O)c2ccc(C)c(S(=O)(=O)N3CCOCC3)c2)c(C)c1. The second-order valence-electron chi connectivity index (χ2n) is 7.37. The Bertz CT molecular complexity index is 1010. The zero-order valence-corrected chi connectivity index (χ0v) is 18.4. The van der Waals surface area contributed by atoms with Crippen molar-refractivity contribution in [1.29, 1.82) is 0 Å². The highest BCUT2D eigenvalue weighted by Gasteiger charge is 2.28. The molecule has 0 bridgehead atoms. The molecule has 1 N–H and O–H groups in total. The van der Waals surface area contributed by atoms with E-state index in [9.17, 15) is 13.2 Å². The third-order valence-electron chi connectivity index (χ3n) is 5.01. The van der Waals surface area contributed by atoms with Crippen molar-refractivity contribution in [3.8, 4) is 5.75 Å². The van der Waals surface area contributed by atoms with Crippen LogP contribution in [0.4, 0.5) is 0 Å². The number of hydrogen-bond donors (Lipinski definition) is 1. The van der Waals surface area contributed by atoms with Gasteiger partial charge < -0.3 is 14.8 Å². The van der Waals surface area contributed by atoms with Crippen molar-refractivity contribution in [3.63, 3.8) is 0 Å². The molecule has 30 heavy (non-hydrogen) atoms. The van der Waals surface area contributed by atoms with E-state index in [0.29, 0.717) is 50.6 Å². The third kappa shape index (κ3) is 5.19. The topological polar surface area (TPSA) is 84.9 Å². The molecule has 2 aromatic rings. The van der Waals surface area contributed by atoms with Crippen molar-refractivity contribution in [2.75, 3.05) is 39.5 Å². The Hall–Kier alpha value is -2.42. The number of nitrogens with one attached hydrogen (secondary N) is 1. The summed E-state index contributed by atoms with van der Waals surface area (Å²) in [6.45, 7) is 7.73. The molecule has 1 fully saturated rings. The minimum absolute atomic E-state index is 0.156. The molecule has 0 spiro atoms. The molecular weight excluding hydrogens is 404 g/mol. The first-order valence-electron chi connectivity index (χ1n) is 9.96. The van der Waals surface area contributed by atoms with E-state index in [4.69, 9.17) is 9.47 Å². The highest BCUT2D eigenvalue weighted by Crippen LogP contribution is 2.22. The first-order chi connectivity index (χ1) is 14.3. The quantitative estimate of drug-likeness (QED) is 0.680. The number of carbonyl (C=O) groups excluding carboxylic acids is 1. The highest BCUT2D eigenvalue weighted by atomic mass is 32.2. The summed E-state index contributed by atoms with van der Waals surface area (Å²) < 4.78 is 38.3. The van der Waals surface area contributed by atoms with Gasteiger partial charge >= 0.3 is 0 Å². The summed E-state index contributed by atoms with van der Waals surface area (Å²) in [4.78, 5) is 12.7. The first-order valence-corrected chi connectivity index (χ1v) is 11.4. The number of rotatable bonds is 7. The number of sulfonamides is 1. The molecule has 3 rings (SSSR count). The lowest BCUT2D eigenvalue weighted by Gasteiger charge is -2.26. The third-order valence-corrected chi connectivity index (χ3v) is 7.05. The Morgan fingerprint density at radius 3 is 2.50 bits per heavy atom. The number of nitrogens with zero attached hydrogens (tertiary/aromatic N) is 1. The van der Waals surface area contributed by atoms with E-state index in [1.807, 2.05) is 32.0 Å². The number of benzene rings is 2. The molecule has 0 aromatic heterocycles. The lowest BCUT2D eigenvalue weighted by atomic mass is 10.1. The van der Waals surface area contributed by atoms with E-state index < -0.39 is 10.0 Å². The Labute approximate surface area is 178 Å². The predicted molar refractivity (Wildman–Crippen MR) is 115 cm³/mol. The van der Waals surface area contributed by atoms with Gasteiger partial charge in [-0.05, 0) is 50.1 Å². The van der Waals surface area contributed by atoms with Crippen molar-refractivity contribution in [3.05, 3.63) is 58.7 Å². The molecule has 0 radical (unpaired) electrons. The lowest BCUT2D eigenvalue weighted by Crippen LogP contribution is -2.41. The van der Waals surface area contributed by atoms with Gasteiger partial charge in [-0.15, -0.1) is 0 Å². The van der Waals surface area contributed by atoms with Gasteiger partial charge in [-0.25, -0.2) is 8.42 Å². The smallest absolute Gasteiger partial charge is 0.251 e. The van der Waals surface area contributed by atoms with E-state index in [1.54, 1.807) is 19.1 Å². The van der Waals surface area contributed by atoms with Gasteiger partial charge in [0.15, 0.2) is 0 Å². The lowest BCUT2D eigenvalue weighted by molar-refractivity contribution is 0.0730. The number of ether oxygens (including phenoxy) is 2. The predicted octanol–water partition coefficient (Wildman–Crippen LogP) is 2.44. The van der Waals surface area contributed by atoms with Crippen LogP contribution in [0.25, 0.3) is 0 Å². The van der Waals surface area contributed by atoms with E-state index in [2.05, 4.69) is 5.32 Å². The number of carbonyl (C=O) groups is 1. The summed E-state index contributed by atoms with van der Waals surface area (Å²) in [6.07, 6.45) is 0. The molecule has 2 aromatic carbocycles. The average Bonchev–Trinajstić information content (AvgIpc) is 2.73. The average molecular weight is 433 g/mol. The van der Waals surface area contributed by atoms with Crippen LogP contribution in [-0.2, 0) is 14.8 Å². The van der Waals surface area contributed by atoms with Gasteiger partial charge in [-0.2, -0.15) is 4.31 Å². The molecule has 0 aliphatic carbocycles. The van der Waals surface area contributed by atoms with Crippen LogP contribution in [0.1, 0.15) is 27.0 Å². The van der Waals surface area contributed by atoms with E-state index in [-0.39, 0.29) is 10.8 Å². The maximum atomic E-state index is 13.0. The molecule has 0 unspecified atom stereocenters. The van der Waals surface area contributed by atoms with Crippen LogP contribution >= 0.6 is 0 Å². The largest absolute Gasteiger partial charge is 0.491 e. The molecule has 1 aliphatic rings. The van der Waals surface area contributed by atoms with Gasteiger partial charge in [0.25, 0.3) is 5.91 Å². The van der Waals surface area contributed by atoms with Gasteiger partial charge in [0.2, 0.25) is 10.0 Å². The Kier molecular flexibility index (Phi) is 7.12. The Balaban J connectivity index is 1.63. The molecule has 0 saturated carbocycles. The van der Waals surface area contributed by atoms with Crippen LogP contribution in [-0.4, -0.2) is 58.1 Å². The van der Waals surface area contributed by atoms with E-state index in [1.165, 1.54) is 10.4 Å². The number of morpholine rings is 1. The number of amides is 1. The van der Waals surface area contributed by atoms with Crippen LogP contribution in [0.2, 0.25) is 0 Å². The van der Waals surface area contributed by atoms with Gasteiger partial charge in [-0.3, -0.25) is 4.79 Å². The van der Waals surface area contributed by atoms with Crippen molar-refractivity contribution < 1.29 is 22.7 Å². The van der Waals surface area contributed by atoms with Gasteiger partial charge in [0.05, 0.1) is 24.7 Å². The van der Waals surface area contributed by atoms with Gasteiger partial charge in [0.1, 0.15) is 12.4 Å². The normalized spacial score (nSPS) is 15.0. The zero-order chi connectivity index (χ0) is 21.7. The molecule has 162 valence electrons. The van der Waals surface area contributed by atoms with Crippen molar-refractivity contribution in [1.82, 2.24) is 9.62 Å². The van der Waals surface area contributed by atoms with Gasteiger partial charge in [0, 0.05) is 18.7 Å². The van der Waals surface area contributed by atoms with Crippen molar-refractivity contribution in [2.24, 2.45) is 0 Å². The molecule has 7 nitrogen and oxygen atoms in total. The van der Waals surface area contributed by atoms with Crippen LogP contribution in [0.15, 0.2) is 41.3 Å². The minimum atomic E-state index is -3.67. The second kappa shape index (κ2) is 9.59. The summed E-state index contributed by atoms with van der Waals surface area (Å²) in [5, 5.41) is 2.79. The molecule has 1 aliphatic heterocycles. The van der Waals surface area contributed by atoms with Crippen molar-refractivity contribution >= 4 is 15.9 Å². The molecule has 8 heteroatoms. The summed E-state index contributed by atoms with van der Waals surface area (Å²) in [6, 6.07) is 10.7. The summed E-state index contributed by atoms with van der Waals surface area (Å²) >= 11 is 0. The monoisotopic (exact) mass is 432 g/mol. The van der Waals surface area contributed by atoms with E-state index >= 15 is 0 Å². The van der Waals surface area contributed by atoms with Crippen molar-refractivity contribution in [2.45, 2.75) is 25.7 Å². The number of aryl methyl sites for hydroxylation is 3. The molecule has 1 saturated heterocycles. The maximum absolute atomic E-state index is 13.0. The number of hydrogen-bond acceptors (Lipinski definition) is 5. The summed E-state index contributed by atoms with van der Waals surface area (Å²) in [5.74, 6) is 0.446. The van der Waals surface area contributed by atoms with Crippen LogP contribution < -0.4 is 10.1 Å². The molecule has 1 amide bonds. The Morgan fingerprint density at radius 2 is 1.80 bits per heavy atom. The standard InChI is InChI=1S/C22H28N2O5S/c1-16-4-7-20(18(3)14-16)29-11-8-23-22(25)19-6-5-17(2)21(15-19)30(26,27)24-9-12-28-13-10-24/h4-7,14-15H,8-13H2,1-3H3,(H,23,25). The molecular formula is C22H28N2O5S. The van der Waals surface area contributed by atoms with Gasteiger partial charge in [-0.1, -0.05) is 23.8 Å². The van der Waals surface area contributed by atoms with Crippen LogP contribution in [0.5, 0.6) is 5.75 Å². The van der Waals surface area contributed by atoms with E-state index in [0.717, 1.165) is 16.9 Å². The fourth-order valence-electron chi connectivity index (χ4n) is 3.33. The van der Waals surface area contributed by atoms with Crippen LogP contribution in [0.3, 0.4) is 0 Å².